The number of nitrogens with zero attached hydrogens (tertiary/aromatic N) is 1. The van der Waals surface area contributed by atoms with Gasteiger partial charge in [0.2, 0.25) is 0 Å². The van der Waals surface area contributed by atoms with Crippen LogP contribution in [0.4, 0.5) is 0 Å². The van der Waals surface area contributed by atoms with Crippen LogP contribution in [0.15, 0.2) is 60.7 Å². The quantitative estimate of drug-likeness (QED) is 0.540. The third kappa shape index (κ3) is 3.35. The summed E-state index contributed by atoms with van der Waals surface area (Å²) in [5.74, 6) is 0. The Labute approximate surface area is 187 Å². The first kappa shape index (κ1) is 20.5. The number of benzene rings is 3. The minimum absolute atomic E-state index is 0.0182. The summed E-state index contributed by atoms with van der Waals surface area (Å²) in [6, 6.07) is 23.0. The predicted octanol–water partition coefficient (Wildman–Crippen LogP) is 5.36. The molecule has 5 rings (SSSR count). The van der Waals surface area contributed by atoms with E-state index in [0.29, 0.717) is 6.04 Å². The Morgan fingerprint density at radius 3 is 1.90 bits per heavy atom. The van der Waals surface area contributed by atoms with Crippen LogP contribution in [0.2, 0.25) is 0 Å². The van der Waals surface area contributed by atoms with Gasteiger partial charge in [-0.2, -0.15) is 0 Å². The molecule has 0 aliphatic carbocycles. The minimum Gasteiger partial charge on any atom is -0.402 e. The number of hydrogen-bond acceptors (Lipinski definition) is 2. The molecular formula is C28H32BNO. The zero-order valence-electron chi connectivity index (χ0n) is 19.4. The van der Waals surface area contributed by atoms with Crippen LogP contribution in [-0.4, -0.2) is 24.4 Å². The Morgan fingerprint density at radius 1 is 0.806 bits per heavy atom. The largest absolute Gasteiger partial charge is 0.420 e. The summed E-state index contributed by atoms with van der Waals surface area (Å²) >= 11 is 0. The zero-order valence-corrected chi connectivity index (χ0v) is 19.4. The van der Waals surface area contributed by atoms with Crippen LogP contribution in [0.3, 0.4) is 0 Å². The smallest absolute Gasteiger partial charge is 0.402 e. The molecule has 2 saturated heterocycles. The van der Waals surface area contributed by atoms with Crippen LogP contribution in [0.5, 0.6) is 0 Å². The molecule has 0 aromatic heterocycles. The molecule has 2 heterocycles. The molecule has 3 aromatic carbocycles. The van der Waals surface area contributed by atoms with Gasteiger partial charge in [0.05, 0.1) is 0 Å². The molecule has 0 amide bonds. The fourth-order valence-corrected chi connectivity index (χ4v) is 6.00. The summed E-state index contributed by atoms with van der Waals surface area (Å²) in [5, 5.41) is 0. The van der Waals surface area contributed by atoms with Crippen molar-refractivity contribution in [1.29, 1.82) is 0 Å². The van der Waals surface area contributed by atoms with Gasteiger partial charge in [0.25, 0.3) is 0 Å². The molecule has 0 unspecified atom stereocenters. The lowest BCUT2D eigenvalue weighted by Crippen LogP contribution is -2.46. The summed E-state index contributed by atoms with van der Waals surface area (Å²) in [4.78, 5) is 2.62. The Hall–Kier alpha value is -2.36. The molecule has 0 saturated carbocycles. The molecule has 0 bridgehead atoms. The van der Waals surface area contributed by atoms with Crippen molar-refractivity contribution in [2.45, 2.75) is 59.1 Å². The highest BCUT2D eigenvalue weighted by Gasteiger charge is 2.59. The van der Waals surface area contributed by atoms with Crippen molar-refractivity contribution < 1.29 is 4.65 Å². The lowest BCUT2D eigenvalue weighted by Gasteiger charge is -2.37. The number of fused-ring (bicyclic) bond motifs is 1. The second-order valence-corrected chi connectivity index (χ2v) is 9.71. The van der Waals surface area contributed by atoms with Gasteiger partial charge in [-0.1, -0.05) is 88.5 Å². The highest BCUT2D eigenvalue weighted by atomic mass is 16.5. The first-order chi connectivity index (χ1) is 14.9. The van der Waals surface area contributed by atoms with Crippen molar-refractivity contribution >= 4 is 12.5 Å². The van der Waals surface area contributed by atoms with E-state index in [0.717, 1.165) is 13.0 Å². The molecule has 2 fully saturated rings. The van der Waals surface area contributed by atoms with Crippen molar-refractivity contribution in [1.82, 2.24) is 4.81 Å². The van der Waals surface area contributed by atoms with E-state index in [1.54, 1.807) is 0 Å². The maximum absolute atomic E-state index is 7.30. The van der Waals surface area contributed by atoms with Gasteiger partial charge >= 0.3 is 7.05 Å². The van der Waals surface area contributed by atoms with Gasteiger partial charge in [-0.05, 0) is 70.6 Å². The van der Waals surface area contributed by atoms with E-state index >= 15 is 0 Å². The van der Waals surface area contributed by atoms with Gasteiger partial charge in [0.1, 0.15) is 5.60 Å². The first-order valence-electron chi connectivity index (χ1n) is 11.5. The maximum atomic E-state index is 7.30. The second kappa shape index (κ2) is 7.65. The third-order valence-corrected chi connectivity index (χ3v) is 7.12. The monoisotopic (exact) mass is 409 g/mol. The van der Waals surface area contributed by atoms with Crippen LogP contribution in [0, 0.1) is 34.6 Å². The molecule has 2 aliphatic heterocycles. The van der Waals surface area contributed by atoms with E-state index in [2.05, 4.69) is 100 Å². The molecule has 3 aromatic rings. The average Bonchev–Trinajstić information content (AvgIpc) is 3.29. The van der Waals surface area contributed by atoms with E-state index in [9.17, 15) is 0 Å². The summed E-state index contributed by atoms with van der Waals surface area (Å²) in [6.45, 7) is 12.1. The molecule has 1 atom stereocenters. The number of aryl methyl sites for hydroxylation is 5. The van der Waals surface area contributed by atoms with Crippen molar-refractivity contribution in [2.75, 3.05) is 6.54 Å². The standard InChI is InChI=1S/C28H32BNO/c1-19-13-20(2)16-24(15-19)28(25-17-21(3)14-22(4)18-25)27-11-8-12-30(27)29(31-28)26-10-7-6-9-23(26)5/h6-7,9-10,13-18,27H,8,11-12H2,1-5H3/t27-/m1/s1. The summed E-state index contributed by atoms with van der Waals surface area (Å²) in [7, 11) is -0.0182. The molecular weight excluding hydrogens is 377 g/mol. The zero-order chi connectivity index (χ0) is 21.8. The molecule has 0 spiro atoms. The number of hydrogen-bond donors (Lipinski definition) is 0. The van der Waals surface area contributed by atoms with Gasteiger partial charge in [0.15, 0.2) is 0 Å². The van der Waals surface area contributed by atoms with Gasteiger partial charge in [-0.25, -0.2) is 0 Å². The van der Waals surface area contributed by atoms with Gasteiger partial charge < -0.3 is 9.47 Å². The topological polar surface area (TPSA) is 12.5 Å². The minimum atomic E-state index is -0.461. The lowest BCUT2D eigenvalue weighted by molar-refractivity contribution is 0.106. The third-order valence-electron chi connectivity index (χ3n) is 7.12. The van der Waals surface area contributed by atoms with Crippen LogP contribution in [0.25, 0.3) is 0 Å². The van der Waals surface area contributed by atoms with Crippen LogP contribution >= 0.6 is 0 Å². The van der Waals surface area contributed by atoms with Gasteiger partial charge in [-0.15, -0.1) is 0 Å². The molecule has 2 aliphatic rings. The predicted molar refractivity (Wildman–Crippen MR) is 130 cm³/mol. The molecule has 0 radical (unpaired) electrons. The average molecular weight is 409 g/mol. The van der Waals surface area contributed by atoms with Crippen LogP contribution in [0.1, 0.15) is 51.8 Å². The van der Waals surface area contributed by atoms with E-state index in [1.165, 1.54) is 50.8 Å². The molecule has 158 valence electrons. The number of rotatable bonds is 3. The Kier molecular flexibility index (Phi) is 5.07. The van der Waals surface area contributed by atoms with Crippen molar-refractivity contribution in [3.63, 3.8) is 0 Å². The fraction of sp³-hybridized carbons (Fsp3) is 0.357. The van der Waals surface area contributed by atoms with E-state index in [1.807, 2.05) is 0 Å². The highest BCUT2D eigenvalue weighted by Crippen LogP contribution is 2.49. The van der Waals surface area contributed by atoms with Crippen molar-refractivity contribution in [3.8, 4) is 0 Å². The summed E-state index contributed by atoms with van der Waals surface area (Å²) < 4.78 is 7.30. The van der Waals surface area contributed by atoms with Gasteiger partial charge in [0, 0.05) is 6.04 Å². The second-order valence-electron chi connectivity index (χ2n) is 9.71. The maximum Gasteiger partial charge on any atom is 0.420 e. The Morgan fingerprint density at radius 2 is 1.35 bits per heavy atom. The molecule has 2 nitrogen and oxygen atoms in total. The van der Waals surface area contributed by atoms with Crippen molar-refractivity contribution in [2.24, 2.45) is 0 Å². The summed E-state index contributed by atoms with van der Waals surface area (Å²) in [6.07, 6.45) is 2.37. The van der Waals surface area contributed by atoms with Gasteiger partial charge in [-0.3, -0.25) is 0 Å². The van der Waals surface area contributed by atoms with Crippen molar-refractivity contribution in [3.05, 3.63) is 99.6 Å². The van der Waals surface area contributed by atoms with E-state index < -0.39 is 5.60 Å². The first-order valence-corrected chi connectivity index (χ1v) is 11.5. The van der Waals surface area contributed by atoms with E-state index in [4.69, 9.17) is 4.65 Å². The van der Waals surface area contributed by atoms with E-state index in [-0.39, 0.29) is 7.05 Å². The SMILES string of the molecule is Cc1cc(C)cc(C2(c3cc(C)cc(C)c3)OB(c3ccccc3C)N3CCC[C@@H]32)c1. The molecule has 0 N–H and O–H groups in total. The molecule has 3 heteroatoms. The fourth-order valence-electron chi connectivity index (χ4n) is 6.00. The summed E-state index contributed by atoms with van der Waals surface area (Å²) in [5.41, 5.74) is 9.91. The molecule has 31 heavy (non-hydrogen) atoms. The Balaban J connectivity index is 1.77. The normalized spacial score (nSPS) is 20.3. The lowest BCUT2D eigenvalue weighted by atomic mass is 9.70. The Bertz CT molecular complexity index is 1050. The van der Waals surface area contributed by atoms with Crippen LogP contribution in [-0.2, 0) is 10.3 Å². The van der Waals surface area contributed by atoms with Crippen LogP contribution < -0.4 is 5.46 Å². The highest BCUT2D eigenvalue weighted by molar-refractivity contribution is 6.66.